The zero-order valence-electron chi connectivity index (χ0n) is 7.41. The van der Waals surface area contributed by atoms with Crippen molar-refractivity contribution in [3.05, 3.63) is 38.9 Å². The molecule has 0 aliphatic heterocycles. The van der Waals surface area contributed by atoms with E-state index in [0.717, 1.165) is 5.56 Å². The first-order valence-corrected chi connectivity index (χ1v) is 5.74. The fourth-order valence-corrected chi connectivity index (χ4v) is 2.14. The molecular weight excluding hydrogens is 281 g/mol. The summed E-state index contributed by atoms with van der Waals surface area (Å²) in [5, 5.41) is 2.19. The van der Waals surface area contributed by atoms with Gasteiger partial charge in [-0.15, -0.1) is 11.3 Å². The lowest BCUT2D eigenvalue weighted by Crippen LogP contribution is -1.82. The van der Waals surface area contributed by atoms with E-state index in [4.69, 9.17) is 0 Å². The van der Waals surface area contributed by atoms with Crippen molar-refractivity contribution >= 4 is 33.6 Å². The first-order chi connectivity index (χ1) is 7.20. The van der Waals surface area contributed by atoms with Crippen LogP contribution in [0.25, 0.3) is 11.3 Å². The first kappa shape index (κ1) is 10.4. The van der Waals surface area contributed by atoms with Gasteiger partial charge in [-0.1, -0.05) is 0 Å². The molecule has 0 unspecified atom stereocenters. The Bertz CT molecular complexity index is 512. The summed E-state index contributed by atoms with van der Waals surface area (Å²) >= 11 is 4.36. The topological polar surface area (TPSA) is 30.0 Å². The summed E-state index contributed by atoms with van der Waals surface area (Å²) in [6.07, 6.45) is 0.701. The normalized spacial score (nSPS) is 10.3. The number of hydrogen-bond donors (Lipinski definition) is 0. The van der Waals surface area contributed by atoms with Crippen LogP contribution in [0, 0.1) is 5.82 Å². The molecule has 2 nitrogen and oxygen atoms in total. The number of rotatable bonds is 2. The molecule has 0 saturated heterocycles. The maximum absolute atomic E-state index is 13.0. The van der Waals surface area contributed by atoms with Crippen molar-refractivity contribution in [1.29, 1.82) is 0 Å². The summed E-state index contributed by atoms with van der Waals surface area (Å²) in [6.45, 7) is 0. The summed E-state index contributed by atoms with van der Waals surface area (Å²) in [6, 6.07) is 4.63. The highest BCUT2D eigenvalue weighted by Gasteiger charge is 2.06. The number of aldehydes is 1. The molecule has 0 fully saturated rings. The van der Waals surface area contributed by atoms with E-state index < -0.39 is 0 Å². The molecule has 5 heteroatoms. The van der Waals surface area contributed by atoms with Gasteiger partial charge >= 0.3 is 0 Å². The number of benzene rings is 1. The largest absolute Gasteiger partial charge is 0.295 e. The minimum Gasteiger partial charge on any atom is -0.295 e. The molecule has 76 valence electrons. The first-order valence-electron chi connectivity index (χ1n) is 4.07. The minimum atomic E-state index is -0.315. The summed E-state index contributed by atoms with van der Waals surface area (Å²) in [5.74, 6) is -0.315. The number of carbonyl (C=O) groups is 1. The maximum Gasteiger partial charge on any atom is 0.178 e. The molecule has 15 heavy (non-hydrogen) atoms. The molecule has 1 aromatic heterocycles. The predicted molar refractivity (Wildman–Crippen MR) is 60.6 cm³/mol. The Kier molecular flexibility index (Phi) is 2.93. The third-order valence-corrected chi connectivity index (χ3v) is 3.22. The summed E-state index contributed by atoms with van der Waals surface area (Å²) in [7, 11) is 0. The molecule has 0 atom stereocenters. The third-order valence-electron chi connectivity index (χ3n) is 1.84. The monoisotopic (exact) mass is 285 g/mol. The van der Waals surface area contributed by atoms with Crippen molar-refractivity contribution in [2.45, 2.75) is 0 Å². The molecule has 0 amide bonds. The van der Waals surface area contributed by atoms with Gasteiger partial charge in [-0.2, -0.15) is 0 Å². The average Bonchev–Trinajstić information content (AvgIpc) is 2.70. The average molecular weight is 286 g/mol. The van der Waals surface area contributed by atoms with Crippen LogP contribution in [-0.2, 0) is 0 Å². The second-order valence-corrected chi connectivity index (χ2v) is 4.56. The second-order valence-electron chi connectivity index (χ2n) is 2.82. The van der Waals surface area contributed by atoms with E-state index in [-0.39, 0.29) is 5.82 Å². The van der Waals surface area contributed by atoms with Gasteiger partial charge in [-0.25, -0.2) is 9.37 Å². The highest BCUT2D eigenvalue weighted by atomic mass is 79.9. The van der Waals surface area contributed by atoms with Crippen LogP contribution in [0.15, 0.2) is 28.1 Å². The summed E-state index contributed by atoms with van der Waals surface area (Å²) in [5.41, 5.74) is 1.47. The van der Waals surface area contributed by atoms with E-state index in [1.807, 2.05) is 0 Å². The lowest BCUT2D eigenvalue weighted by Gasteiger charge is -1.98. The highest BCUT2D eigenvalue weighted by molar-refractivity contribution is 9.10. The molecule has 0 bridgehead atoms. The molecule has 2 rings (SSSR count). The van der Waals surface area contributed by atoms with E-state index in [2.05, 4.69) is 20.9 Å². The molecule has 1 aromatic carbocycles. The van der Waals surface area contributed by atoms with Crippen molar-refractivity contribution in [2.75, 3.05) is 0 Å². The van der Waals surface area contributed by atoms with E-state index in [9.17, 15) is 9.18 Å². The van der Waals surface area contributed by atoms with Gasteiger partial charge in [0.25, 0.3) is 0 Å². The van der Waals surface area contributed by atoms with Gasteiger partial charge in [0.15, 0.2) is 11.3 Å². The molecule has 0 N–H and O–H groups in total. The molecule has 1 heterocycles. The predicted octanol–water partition coefficient (Wildman–Crippen LogP) is 3.52. The van der Waals surface area contributed by atoms with Gasteiger partial charge in [0.05, 0.1) is 10.2 Å². The van der Waals surface area contributed by atoms with Crippen molar-refractivity contribution in [1.82, 2.24) is 4.98 Å². The Morgan fingerprint density at radius 1 is 1.47 bits per heavy atom. The van der Waals surface area contributed by atoms with E-state index in [1.54, 1.807) is 17.5 Å². The van der Waals surface area contributed by atoms with Crippen LogP contribution in [0.3, 0.4) is 0 Å². The van der Waals surface area contributed by atoms with Crippen LogP contribution in [0.1, 0.15) is 9.80 Å². The fraction of sp³-hybridized carbons (Fsp3) is 0. The molecule has 0 spiro atoms. The van der Waals surface area contributed by atoms with Gasteiger partial charge in [0.1, 0.15) is 5.82 Å². The van der Waals surface area contributed by atoms with Crippen molar-refractivity contribution < 1.29 is 9.18 Å². The Balaban J connectivity index is 2.44. The van der Waals surface area contributed by atoms with Crippen LogP contribution >= 0.6 is 27.3 Å². The lowest BCUT2D eigenvalue weighted by molar-refractivity contribution is 0.112. The number of carbonyl (C=O) groups excluding carboxylic acids is 1. The zero-order chi connectivity index (χ0) is 10.8. The smallest absolute Gasteiger partial charge is 0.178 e. The Hall–Kier alpha value is -1.07. The molecular formula is C10H5BrFNOS. The molecule has 0 aliphatic rings. The Morgan fingerprint density at radius 2 is 2.27 bits per heavy atom. The van der Waals surface area contributed by atoms with Gasteiger partial charge < -0.3 is 0 Å². The van der Waals surface area contributed by atoms with Gasteiger partial charge in [-0.3, -0.25) is 4.79 Å². The summed E-state index contributed by atoms with van der Waals surface area (Å²) < 4.78 is 13.4. The van der Waals surface area contributed by atoms with Gasteiger partial charge in [0.2, 0.25) is 0 Å². The van der Waals surface area contributed by atoms with Gasteiger partial charge in [-0.05, 0) is 34.1 Å². The second kappa shape index (κ2) is 4.20. The number of nitrogens with zero attached hydrogens (tertiary/aromatic N) is 1. The zero-order valence-corrected chi connectivity index (χ0v) is 9.81. The Morgan fingerprint density at radius 3 is 2.87 bits per heavy atom. The van der Waals surface area contributed by atoms with E-state index in [1.165, 1.54) is 17.4 Å². The van der Waals surface area contributed by atoms with Crippen LogP contribution in [0.5, 0.6) is 0 Å². The van der Waals surface area contributed by atoms with Crippen LogP contribution in [0.4, 0.5) is 4.39 Å². The maximum atomic E-state index is 13.0. The van der Waals surface area contributed by atoms with Crippen molar-refractivity contribution in [3.8, 4) is 11.3 Å². The van der Waals surface area contributed by atoms with Crippen LogP contribution in [0.2, 0.25) is 0 Å². The number of halogens is 2. The van der Waals surface area contributed by atoms with Crippen LogP contribution < -0.4 is 0 Å². The quantitative estimate of drug-likeness (QED) is 0.790. The summed E-state index contributed by atoms with van der Waals surface area (Å²) in [4.78, 5) is 14.5. The Labute approximate surface area is 97.9 Å². The molecule has 0 aliphatic carbocycles. The van der Waals surface area contributed by atoms with E-state index in [0.29, 0.717) is 21.5 Å². The van der Waals surface area contributed by atoms with Crippen molar-refractivity contribution in [3.63, 3.8) is 0 Å². The third kappa shape index (κ3) is 2.13. The lowest BCUT2D eigenvalue weighted by atomic mass is 10.2. The number of thiazole rings is 1. The minimum absolute atomic E-state index is 0.315. The fourth-order valence-electron chi connectivity index (χ4n) is 1.13. The highest BCUT2D eigenvalue weighted by Crippen LogP contribution is 2.25. The molecule has 0 saturated carbocycles. The van der Waals surface area contributed by atoms with E-state index >= 15 is 0 Å². The standard InChI is InChI=1S/C10H5BrFNOS/c11-7-3-6(1-2-8(7)12)9-5-15-10(4-14)13-9/h1-5H. The number of aromatic nitrogens is 1. The number of hydrogen-bond acceptors (Lipinski definition) is 3. The van der Waals surface area contributed by atoms with Crippen LogP contribution in [-0.4, -0.2) is 11.3 Å². The molecule has 2 aromatic rings. The SMILES string of the molecule is O=Cc1nc(-c2ccc(F)c(Br)c2)cs1. The van der Waals surface area contributed by atoms with Gasteiger partial charge in [0, 0.05) is 10.9 Å². The molecule has 0 radical (unpaired) electrons. The van der Waals surface area contributed by atoms with Crippen molar-refractivity contribution in [2.24, 2.45) is 0 Å².